The topological polar surface area (TPSA) is 36.3 Å². The fourth-order valence-corrected chi connectivity index (χ4v) is 4.05. The van der Waals surface area contributed by atoms with Crippen LogP contribution in [0.2, 0.25) is 0 Å². The van der Waals surface area contributed by atoms with Crippen molar-refractivity contribution < 1.29 is 9.47 Å². The summed E-state index contributed by atoms with van der Waals surface area (Å²) in [6.07, 6.45) is 2.83. The molecule has 3 aromatic carbocycles. The lowest BCUT2D eigenvalue weighted by Gasteiger charge is -2.19. The zero-order valence-corrected chi connectivity index (χ0v) is 20.2. The van der Waals surface area contributed by atoms with Gasteiger partial charge in [0.15, 0.2) is 0 Å². The first-order chi connectivity index (χ1) is 15.9. The van der Waals surface area contributed by atoms with Crippen LogP contribution in [0.1, 0.15) is 50.6 Å². The molecule has 0 aliphatic rings. The van der Waals surface area contributed by atoms with Gasteiger partial charge in [-0.1, -0.05) is 57.2 Å². The number of aryl methyl sites for hydroxylation is 1. The molecule has 0 amide bonds. The van der Waals surface area contributed by atoms with Crippen molar-refractivity contribution in [3.05, 3.63) is 89.7 Å². The van der Waals surface area contributed by atoms with Crippen LogP contribution < -0.4 is 9.47 Å². The average Bonchev–Trinajstić information content (AvgIpc) is 3.16. The Labute approximate surface area is 197 Å². The molecule has 0 saturated heterocycles. The second-order valence-electron chi connectivity index (χ2n) is 9.52. The highest BCUT2D eigenvalue weighted by atomic mass is 16.5. The highest BCUT2D eigenvalue weighted by Crippen LogP contribution is 2.25. The lowest BCUT2D eigenvalue weighted by atomic mass is 9.87. The Kier molecular flexibility index (Phi) is 7.02. The Morgan fingerprint density at radius 3 is 2.21 bits per heavy atom. The van der Waals surface area contributed by atoms with Crippen molar-refractivity contribution in [1.29, 1.82) is 0 Å². The van der Waals surface area contributed by atoms with Gasteiger partial charge in [-0.25, -0.2) is 4.98 Å². The van der Waals surface area contributed by atoms with Gasteiger partial charge < -0.3 is 14.0 Å². The molecule has 4 rings (SSSR count). The predicted molar refractivity (Wildman–Crippen MR) is 135 cm³/mol. The normalized spacial score (nSPS) is 11.6. The number of aromatic nitrogens is 2. The molecule has 0 spiro atoms. The first-order valence-electron chi connectivity index (χ1n) is 11.7. The summed E-state index contributed by atoms with van der Waals surface area (Å²) in [5.74, 6) is 2.91. The number of rotatable bonds is 9. The van der Waals surface area contributed by atoms with E-state index in [9.17, 15) is 0 Å². The highest BCUT2D eigenvalue weighted by molar-refractivity contribution is 5.76. The minimum absolute atomic E-state index is 0.162. The van der Waals surface area contributed by atoms with Crippen molar-refractivity contribution in [1.82, 2.24) is 9.55 Å². The number of benzene rings is 3. The molecule has 0 unspecified atom stereocenters. The minimum atomic E-state index is 0.162. The lowest BCUT2D eigenvalue weighted by molar-refractivity contribution is 0.303. The van der Waals surface area contributed by atoms with E-state index >= 15 is 0 Å². The molecule has 1 aromatic heterocycles. The number of imidazole rings is 1. The lowest BCUT2D eigenvalue weighted by Crippen LogP contribution is -2.10. The van der Waals surface area contributed by atoms with Gasteiger partial charge >= 0.3 is 0 Å². The maximum absolute atomic E-state index is 5.99. The average molecular weight is 443 g/mol. The molecule has 1 heterocycles. The standard InChI is InChI=1S/C29H34N2O2/c1-29(2,3)23-13-17-25(18-14-23)33-20-8-7-19-31-27-10-6-5-9-26(27)30-28(31)21-22-11-15-24(32-4)16-12-22/h5-6,9-18H,7-8,19-21H2,1-4H3. The summed E-state index contributed by atoms with van der Waals surface area (Å²) in [5, 5.41) is 0. The molecular weight excluding hydrogens is 408 g/mol. The second kappa shape index (κ2) is 10.1. The molecular formula is C29H34N2O2. The van der Waals surface area contributed by atoms with Crippen LogP contribution in [0.4, 0.5) is 0 Å². The largest absolute Gasteiger partial charge is 0.497 e. The van der Waals surface area contributed by atoms with Gasteiger partial charge in [-0.15, -0.1) is 0 Å². The number of hydrogen-bond acceptors (Lipinski definition) is 3. The molecule has 0 aliphatic carbocycles. The zero-order chi connectivity index (χ0) is 23.3. The monoisotopic (exact) mass is 442 g/mol. The summed E-state index contributed by atoms with van der Waals surface area (Å²) in [7, 11) is 1.69. The summed E-state index contributed by atoms with van der Waals surface area (Å²) in [6.45, 7) is 8.33. The molecule has 0 radical (unpaired) electrons. The van der Waals surface area contributed by atoms with E-state index in [2.05, 4.69) is 86.0 Å². The van der Waals surface area contributed by atoms with Crippen molar-refractivity contribution >= 4 is 11.0 Å². The van der Waals surface area contributed by atoms with E-state index in [1.807, 2.05) is 12.1 Å². The van der Waals surface area contributed by atoms with Crippen molar-refractivity contribution in [3.8, 4) is 11.5 Å². The molecule has 33 heavy (non-hydrogen) atoms. The number of para-hydroxylation sites is 2. The van der Waals surface area contributed by atoms with Crippen LogP contribution in [0, 0.1) is 0 Å². The van der Waals surface area contributed by atoms with Gasteiger partial charge in [0.05, 0.1) is 24.8 Å². The number of methoxy groups -OCH3 is 1. The maximum atomic E-state index is 5.99. The van der Waals surface area contributed by atoms with E-state index in [1.165, 1.54) is 16.6 Å². The predicted octanol–water partition coefficient (Wildman–Crippen LogP) is 6.79. The number of nitrogens with zero attached hydrogens (tertiary/aromatic N) is 2. The molecule has 0 aliphatic heterocycles. The summed E-state index contributed by atoms with van der Waals surface area (Å²) in [4.78, 5) is 4.93. The third-order valence-corrected chi connectivity index (χ3v) is 6.02. The fourth-order valence-electron chi connectivity index (χ4n) is 4.05. The van der Waals surface area contributed by atoms with Crippen molar-refractivity contribution in [2.45, 2.75) is 52.0 Å². The molecule has 0 N–H and O–H groups in total. The smallest absolute Gasteiger partial charge is 0.119 e. The Morgan fingerprint density at radius 1 is 0.818 bits per heavy atom. The van der Waals surface area contributed by atoms with Crippen molar-refractivity contribution in [3.63, 3.8) is 0 Å². The van der Waals surface area contributed by atoms with Crippen LogP contribution >= 0.6 is 0 Å². The molecule has 0 atom stereocenters. The van der Waals surface area contributed by atoms with Crippen molar-refractivity contribution in [2.75, 3.05) is 13.7 Å². The third-order valence-electron chi connectivity index (χ3n) is 6.02. The minimum Gasteiger partial charge on any atom is -0.497 e. The summed E-state index contributed by atoms with van der Waals surface area (Å²) >= 11 is 0. The SMILES string of the molecule is COc1ccc(Cc2nc3ccccc3n2CCCCOc2ccc(C(C)(C)C)cc2)cc1. The van der Waals surface area contributed by atoms with E-state index in [0.29, 0.717) is 0 Å². The van der Waals surface area contributed by atoms with E-state index in [0.717, 1.165) is 55.3 Å². The molecule has 4 nitrogen and oxygen atoms in total. The molecule has 0 fully saturated rings. The van der Waals surface area contributed by atoms with E-state index in [4.69, 9.17) is 14.5 Å². The van der Waals surface area contributed by atoms with Gasteiger partial charge in [-0.05, 0) is 65.8 Å². The number of ether oxygens (including phenoxy) is 2. The summed E-state index contributed by atoms with van der Waals surface area (Å²) in [5.41, 5.74) is 4.96. The number of fused-ring (bicyclic) bond motifs is 1. The van der Waals surface area contributed by atoms with Crippen molar-refractivity contribution in [2.24, 2.45) is 0 Å². The molecule has 4 heteroatoms. The first kappa shape index (κ1) is 22.9. The Bertz CT molecular complexity index is 1170. The molecule has 4 aromatic rings. The highest BCUT2D eigenvalue weighted by Gasteiger charge is 2.13. The van der Waals surface area contributed by atoms with Gasteiger partial charge in [0.1, 0.15) is 17.3 Å². The van der Waals surface area contributed by atoms with Gasteiger partial charge in [0.25, 0.3) is 0 Å². The van der Waals surface area contributed by atoms with Crippen LogP contribution in [0.15, 0.2) is 72.8 Å². The van der Waals surface area contributed by atoms with E-state index < -0.39 is 0 Å². The molecule has 0 bridgehead atoms. The van der Waals surface area contributed by atoms with E-state index in [1.54, 1.807) is 7.11 Å². The summed E-state index contributed by atoms with van der Waals surface area (Å²) in [6, 6.07) is 25.1. The molecule has 0 saturated carbocycles. The number of hydrogen-bond donors (Lipinski definition) is 0. The third kappa shape index (κ3) is 5.75. The Morgan fingerprint density at radius 2 is 1.52 bits per heavy atom. The van der Waals surface area contributed by atoms with E-state index in [-0.39, 0.29) is 5.41 Å². The van der Waals surface area contributed by atoms with Crippen LogP contribution in [0.3, 0.4) is 0 Å². The first-order valence-corrected chi connectivity index (χ1v) is 11.7. The zero-order valence-electron chi connectivity index (χ0n) is 20.2. The quantitative estimate of drug-likeness (QED) is 0.268. The van der Waals surface area contributed by atoms with Gasteiger partial charge in [0, 0.05) is 13.0 Å². The number of unbranched alkanes of at least 4 members (excludes halogenated alkanes) is 1. The summed E-state index contributed by atoms with van der Waals surface area (Å²) < 4.78 is 13.6. The Balaban J connectivity index is 1.37. The Hall–Kier alpha value is -3.27. The second-order valence-corrected chi connectivity index (χ2v) is 9.52. The van der Waals surface area contributed by atoms with Gasteiger partial charge in [-0.3, -0.25) is 0 Å². The van der Waals surface area contributed by atoms with Crippen LogP contribution in [0.25, 0.3) is 11.0 Å². The fraction of sp³-hybridized carbons (Fsp3) is 0.345. The van der Waals surface area contributed by atoms with Crippen LogP contribution in [-0.2, 0) is 18.4 Å². The van der Waals surface area contributed by atoms with Crippen LogP contribution in [-0.4, -0.2) is 23.3 Å². The van der Waals surface area contributed by atoms with Gasteiger partial charge in [0.2, 0.25) is 0 Å². The van der Waals surface area contributed by atoms with Gasteiger partial charge in [-0.2, -0.15) is 0 Å². The maximum Gasteiger partial charge on any atom is 0.119 e. The molecule has 172 valence electrons. The van der Waals surface area contributed by atoms with Crippen LogP contribution in [0.5, 0.6) is 11.5 Å².